The number of rotatable bonds is 17. The van der Waals surface area contributed by atoms with Crippen LogP contribution in [0.1, 0.15) is 69.7 Å². The molecule has 1 amide bonds. The van der Waals surface area contributed by atoms with Crippen LogP contribution >= 0.6 is 0 Å². The molecule has 2 heterocycles. The molecule has 1 aromatic heterocycles. The number of hydrogen-bond donors (Lipinski definition) is 2. The monoisotopic (exact) mass is 481 g/mol. The lowest BCUT2D eigenvalue weighted by Crippen LogP contribution is -2.59. The Labute approximate surface area is 204 Å². The van der Waals surface area contributed by atoms with Crippen LogP contribution in [0.4, 0.5) is 5.82 Å². The van der Waals surface area contributed by atoms with Crippen LogP contribution < -0.4 is 15.8 Å². The molecule has 9 heteroatoms. The number of amides is 1. The van der Waals surface area contributed by atoms with Crippen molar-refractivity contribution in [2.24, 2.45) is 5.73 Å². The second-order valence-electron chi connectivity index (χ2n) is 8.58. The molecule has 3 N–H and O–H groups in total. The van der Waals surface area contributed by atoms with Crippen molar-refractivity contribution >= 4 is 11.7 Å². The van der Waals surface area contributed by atoms with Crippen LogP contribution in [0.15, 0.2) is 12.1 Å². The average molecular weight is 482 g/mol. The number of methoxy groups -OCH3 is 1. The lowest BCUT2D eigenvalue weighted by molar-refractivity contribution is -0.194. The minimum absolute atomic E-state index is 0.224. The first kappa shape index (κ1) is 28.3. The van der Waals surface area contributed by atoms with E-state index >= 15 is 0 Å². The molecule has 34 heavy (non-hydrogen) atoms. The Morgan fingerprint density at radius 2 is 1.71 bits per heavy atom. The fourth-order valence-corrected chi connectivity index (χ4v) is 3.73. The van der Waals surface area contributed by atoms with Crippen LogP contribution in [0.2, 0.25) is 0 Å². The third-order valence-electron chi connectivity index (χ3n) is 5.75. The van der Waals surface area contributed by atoms with Gasteiger partial charge >= 0.3 is 0 Å². The SMILES string of the molecule is CCCCOC[C@H]1OC[C@H](Nc2cc(C(N)=O)cc(OC)n2)[C@@H](OCCCC)[C@H]1OCCCC. The maximum atomic E-state index is 11.8. The molecule has 9 nitrogen and oxygen atoms in total. The van der Waals surface area contributed by atoms with Gasteiger partial charge in [-0.3, -0.25) is 4.79 Å². The van der Waals surface area contributed by atoms with E-state index in [0.717, 1.165) is 38.5 Å². The number of primary amides is 1. The Morgan fingerprint density at radius 3 is 2.32 bits per heavy atom. The summed E-state index contributed by atoms with van der Waals surface area (Å²) in [4.78, 5) is 16.2. The van der Waals surface area contributed by atoms with Crippen molar-refractivity contribution in [3.8, 4) is 5.88 Å². The van der Waals surface area contributed by atoms with E-state index in [4.69, 9.17) is 29.4 Å². The van der Waals surface area contributed by atoms with E-state index in [1.165, 1.54) is 13.2 Å². The Hall–Kier alpha value is -1.94. The van der Waals surface area contributed by atoms with Gasteiger partial charge in [-0.2, -0.15) is 4.98 Å². The molecule has 0 saturated carbocycles. The summed E-state index contributed by atoms with van der Waals surface area (Å²) in [7, 11) is 1.50. The zero-order valence-electron chi connectivity index (χ0n) is 21.2. The predicted octanol–water partition coefficient (Wildman–Crippen LogP) is 3.56. The summed E-state index contributed by atoms with van der Waals surface area (Å²) >= 11 is 0. The molecular weight excluding hydrogens is 438 g/mol. The molecule has 1 saturated heterocycles. The van der Waals surface area contributed by atoms with Gasteiger partial charge in [-0.05, 0) is 25.3 Å². The van der Waals surface area contributed by atoms with E-state index in [2.05, 4.69) is 31.1 Å². The highest BCUT2D eigenvalue weighted by Crippen LogP contribution is 2.26. The van der Waals surface area contributed by atoms with Gasteiger partial charge in [0.15, 0.2) is 0 Å². The highest BCUT2D eigenvalue weighted by atomic mass is 16.6. The number of carbonyl (C=O) groups excluding carboxylic acids is 1. The van der Waals surface area contributed by atoms with Crippen LogP contribution in [0.25, 0.3) is 0 Å². The van der Waals surface area contributed by atoms with E-state index in [1.54, 1.807) is 6.07 Å². The minimum atomic E-state index is -0.551. The van der Waals surface area contributed by atoms with Gasteiger partial charge in [-0.25, -0.2) is 0 Å². The molecule has 1 aromatic rings. The van der Waals surface area contributed by atoms with Crippen molar-refractivity contribution in [2.75, 3.05) is 45.5 Å². The van der Waals surface area contributed by atoms with Crippen LogP contribution in [0.5, 0.6) is 5.88 Å². The fraction of sp³-hybridized carbons (Fsp3) is 0.760. The Balaban J connectivity index is 2.23. The quantitative estimate of drug-likeness (QED) is 0.325. The number of aromatic nitrogens is 1. The summed E-state index contributed by atoms with van der Waals surface area (Å²) in [6.07, 6.45) is 5.28. The van der Waals surface area contributed by atoms with Gasteiger partial charge in [0.05, 0.1) is 26.4 Å². The number of nitrogens with two attached hydrogens (primary N) is 1. The molecule has 4 atom stereocenters. The van der Waals surface area contributed by atoms with Crippen molar-refractivity contribution in [1.29, 1.82) is 0 Å². The number of ether oxygens (including phenoxy) is 5. The van der Waals surface area contributed by atoms with Crippen molar-refractivity contribution in [2.45, 2.75) is 83.6 Å². The van der Waals surface area contributed by atoms with E-state index in [-0.39, 0.29) is 24.4 Å². The second kappa shape index (κ2) is 15.9. The topological polar surface area (TPSA) is 114 Å². The van der Waals surface area contributed by atoms with Crippen LogP contribution in [-0.2, 0) is 18.9 Å². The van der Waals surface area contributed by atoms with E-state index in [9.17, 15) is 4.79 Å². The maximum Gasteiger partial charge on any atom is 0.249 e. The molecule has 2 rings (SSSR count). The smallest absolute Gasteiger partial charge is 0.249 e. The van der Waals surface area contributed by atoms with Crippen LogP contribution in [0, 0.1) is 0 Å². The lowest BCUT2D eigenvalue weighted by atomic mass is 9.97. The summed E-state index contributed by atoms with van der Waals surface area (Å²) < 4.78 is 30.0. The highest BCUT2D eigenvalue weighted by Gasteiger charge is 2.42. The number of nitrogens with one attached hydrogen (secondary N) is 1. The fourth-order valence-electron chi connectivity index (χ4n) is 3.73. The van der Waals surface area contributed by atoms with Crippen molar-refractivity contribution in [1.82, 2.24) is 4.98 Å². The molecule has 1 aliphatic heterocycles. The third kappa shape index (κ3) is 9.02. The first-order valence-electron chi connectivity index (χ1n) is 12.6. The zero-order chi connectivity index (χ0) is 24.8. The summed E-state index contributed by atoms with van der Waals surface area (Å²) in [6.45, 7) is 9.20. The zero-order valence-corrected chi connectivity index (χ0v) is 21.2. The number of anilines is 1. The van der Waals surface area contributed by atoms with Gasteiger partial charge in [0, 0.05) is 31.5 Å². The largest absolute Gasteiger partial charge is 0.481 e. The number of pyridine rings is 1. The normalized spacial score (nSPS) is 22.5. The average Bonchev–Trinajstić information content (AvgIpc) is 2.84. The summed E-state index contributed by atoms with van der Waals surface area (Å²) in [5.41, 5.74) is 5.80. The molecular formula is C25H43N3O6. The summed E-state index contributed by atoms with van der Waals surface area (Å²) in [5, 5.41) is 3.38. The van der Waals surface area contributed by atoms with Gasteiger partial charge in [0.2, 0.25) is 11.8 Å². The van der Waals surface area contributed by atoms with Gasteiger partial charge in [0.25, 0.3) is 0 Å². The molecule has 0 spiro atoms. The number of unbranched alkanes of at least 4 members (excludes halogenated alkanes) is 3. The standard InChI is InChI=1S/C25H43N3O6/c1-5-8-11-31-17-20-24(33-13-10-7-3)23(32-12-9-6-2)19(16-34-20)27-21-14-18(25(26)29)15-22(28-21)30-4/h14-15,19-20,23-24H,5-13,16-17H2,1-4H3,(H2,26,29)(H,27,28)/t19-,20+,23+,24-/m0/s1. The number of hydrogen-bond acceptors (Lipinski definition) is 8. The molecule has 194 valence electrons. The number of carbonyl (C=O) groups is 1. The Kier molecular flexibility index (Phi) is 13.2. The Morgan fingerprint density at radius 1 is 1.06 bits per heavy atom. The van der Waals surface area contributed by atoms with Crippen LogP contribution in [-0.4, -0.2) is 75.4 Å². The summed E-state index contributed by atoms with van der Waals surface area (Å²) in [5.74, 6) is 0.220. The second-order valence-corrected chi connectivity index (χ2v) is 8.58. The molecule has 0 bridgehead atoms. The van der Waals surface area contributed by atoms with Gasteiger partial charge in [0.1, 0.15) is 24.1 Å². The number of nitrogens with zero attached hydrogens (tertiary/aromatic N) is 1. The molecule has 0 aromatic carbocycles. The van der Waals surface area contributed by atoms with E-state index in [1.807, 2.05) is 0 Å². The molecule has 1 aliphatic rings. The highest BCUT2D eigenvalue weighted by molar-refractivity contribution is 5.93. The minimum Gasteiger partial charge on any atom is -0.481 e. The van der Waals surface area contributed by atoms with Crippen molar-refractivity contribution in [3.63, 3.8) is 0 Å². The first-order chi connectivity index (χ1) is 16.5. The van der Waals surface area contributed by atoms with Gasteiger partial charge in [-0.15, -0.1) is 0 Å². The molecule has 0 unspecified atom stereocenters. The summed E-state index contributed by atoms with van der Waals surface area (Å²) in [6, 6.07) is 2.89. The van der Waals surface area contributed by atoms with Crippen LogP contribution in [0.3, 0.4) is 0 Å². The van der Waals surface area contributed by atoms with E-state index < -0.39 is 5.91 Å². The molecule has 0 aliphatic carbocycles. The lowest BCUT2D eigenvalue weighted by Gasteiger charge is -2.42. The maximum absolute atomic E-state index is 11.8. The Bertz CT molecular complexity index is 720. The predicted molar refractivity (Wildman–Crippen MR) is 131 cm³/mol. The van der Waals surface area contributed by atoms with Crippen molar-refractivity contribution < 1.29 is 28.5 Å². The molecule has 0 radical (unpaired) electrons. The third-order valence-corrected chi connectivity index (χ3v) is 5.75. The molecule has 1 fully saturated rings. The first-order valence-corrected chi connectivity index (χ1v) is 12.6. The van der Waals surface area contributed by atoms with Gasteiger partial charge in [-0.1, -0.05) is 40.0 Å². The van der Waals surface area contributed by atoms with E-state index in [0.29, 0.717) is 50.3 Å². The van der Waals surface area contributed by atoms with Gasteiger partial charge < -0.3 is 34.7 Å². The van der Waals surface area contributed by atoms with Crippen molar-refractivity contribution in [3.05, 3.63) is 17.7 Å².